The van der Waals surface area contributed by atoms with Gasteiger partial charge in [-0.05, 0) is 24.7 Å². The van der Waals surface area contributed by atoms with Gasteiger partial charge in [0.25, 0.3) is 5.69 Å². The number of nitro groups is 1. The highest BCUT2D eigenvalue weighted by Gasteiger charge is 2.25. The second-order valence-corrected chi connectivity index (χ2v) is 5.82. The smallest absolute Gasteiger partial charge is 0.294 e. The molecule has 2 atom stereocenters. The molecule has 1 aromatic rings. The Morgan fingerprint density at radius 3 is 2.67 bits per heavy atom. The lowest BCUT2D eigenvalue weighted by Crippen LogP contribution is -2.28. The van der Waals surface area contributed by atoms with Crippen LogP contribution in [-0.2, 0) is 0 Å². The van der Waals surface area contributed by atoms with Crippen molar-refractivity contribution >= 4 is 23.0 Å². The summed E-state index contributed by atoms with van der Waals surface area (Å²) in [4.78, 5) is 10.4. The van der Waals surface area contributed by atoms with E-state index in [1.165, 1.54) is 0 Å². The molecule has 0 saturated heterocycles. The van der Waals surface area contributed by atoms with Gasteiger partial charge in [-0.2, -0.15) is 0 Å². The molecule has 7 heteroatoms. The third-order valence-corrected chi connectivity index (χ3v) is 4.38. The predicted octanol–water partition coefficient (Wildman–Crippen LogP) is 3.60. The molecule has 2 rings (SSSR count). The van der Waals surface area contributed by atoms with Crippen molar-refractivity contribution in [3.05, 3.63) is 33.1 Å². The van der Waals surface area contributed by atoms with Crippen LogP contribution in [-0.4, -0.2) is 23.2 Å². The molecule has 0 aromatic heterocycles. The van der Waals surface area contributed by atoms with E-state index in [4.69, 9.17) is 11.6 Å². The fourth-order valence-corrected chi connectivity index (χ4v) is 3.02. The molecule has 21 heavy (non-hydrogen) atoms. The Hall–Kier alpha value is -1.40. The van der Waals surface area contributed by atoms with E-state index in [0.717, 1.165) is 37.8 Å². The number of anilines is 1. The van der Waals surface area contributed by atoms with Crippen molar-refractivity contribution in [2.45, 2.75) is 25.7 Å². The number of rotatable bonds is 5. The van der Waals surface area contributed by atoms with Gasteiger partial charge in [-0.25, -0.2) is 4.39 Å². The summed E-state index contributed by atoms with van der Waals surface area (Å²) in [6, 6.07) is 2.07. The molecular formula is C14H18ClFN2O3. The van der Waals surface area contributed by atoms with E-state index in [0.29, 0.717) is 6.54 Å². The van der Waals surface area contributed by atoms with Crippen LogP contribution in [0.3, 0.4) is 0 Å². The minimum Gasteiger partial charge on any atom is -0.396 e. The average molecular weight is 317 g/mol. The molecule has 1 aliphatic carbocycles. The zero-order chi connectivity index (χ0) is 15.4. The minimum absolute atomic E-state index is 0.115. The second kappa shape index (κ2) is 7.04. The second-order valence-electron chi connectivity index (χ2n) is 5.41. The molecular weight excluding hydrogens is 299 g/mol. The topological polar surface area (TPSA) is 75.4 Å². The molecule has 0 spiro atoms. The summed E-state index contributed by atoms with van der Waals surface area (Å²) in [7, 11) is 0. The van der Waals surface area contributed by atoms with E-state index in [1.54, 1.807) is 0 Å². The highest BCUT2D eigenvalue weighted by molar-refractivity contribution is 6.31. The summed E-state index contributed by atoms with van der Waals surface area (Å²) >= 11 is 5.58. The zero-order valence-electron chi connectivity index (χ0n) is 11.5. The van der Waals surface area contributed by atoms with Crippen LogP contribution in [0.2, 0.25) is 5.02 Å². The summed E-state index contributed by atoms with van der Waals surface area (Å²) < 4.78 is 13.5. The number of aliphatic hydroxyl groups excluding tert-OH is 1. The first-order valence-corrected chi connectivity index (χ1v) is 7.39. The van der Waals surface area contributed by atoms with Crippen LogP contribution in [0.25, 0.3) is 0 Å². The van der Waals surface area contributed by atoms with Gasteiger partial charge < -0.3 is 10.4 Å². The maximum atomic E-state index is 13.5. The molecule has 0 amide bonds. The molecule has 0 bridgehead atoms. The van der Waals surface area contributed by atoms with Crippen LogP contribution in [0.5, 0.6) is 0 Å². The van der Waals surface area contributed by atoms with Gasteiger partial charge in [0.2, 0.25) is 0 Å². The average Bonchev–Trinajstić information content (AvgIpc) is 2.48. The highest BCUT2D eigenvalue weighted by atomic mass is 35.5. The lowest BCUT2D eigenvalue weighted by atomic mass is 9.79. The molecule has 2 unspecified atom stereocenters. The summed E-state index contributed by atoms with van der Waals surface area (Å²) in [5.41, 5.74) is -0.109. The Bertz CT molecular complexity index is 527. The molecule has 0 radical (unpaired) electrons. The van der Waals surface area contributed by atoms with Crippen molar-refractivity contribution in [3.8, 4) is 0 Å². The quantitative estimate of drug-likeness (QED) is 0.643. The lowest BCUT2D eigenvalue weighted by molar-refractivity contribution is -0.384. The van der Waals surface area contributed by atoms with Gasteiger partial charge in [0.1, 0.15) is 11.5 Å². The molecule has 0 heterocycles. The first kappa shape index (κ1) is 16.0. The third-order valence-electron chi connectivity index (χ3n) is 4.09. The highest BCUT2D eigenvalue weighted by Crippen LogP contribution is 2.33. The van der Waals surface area contributed by atoms with Crippen LogP contribution >= 0.6 is 11.6 Å². The zero-order valence-corrected chi connectivity index (χ0v) is 12.3. The van der Waals surface area contributed by atoms with Crippen LogP contribution < -0.4 is 5.32 Å². The Morgan fingerprint density at radius 1 is 1.38 bits per heavy atom. The molecule has 1 aromatic carbocycles. The number of hydrogen-bond acceptors (Lipinski definition) is 4. The summed E-state index contributed by atoms with van der Waals surface area (Å²) in [6.45, 7) is 0.594. The normalized spacial score (nSPS) is 22.0. The maximum absolute atomic E-state index is 13.5. The van der Waals surface area contributed by atoms with E-state index in [9.17, 15) is 19.6 Å². The van der Waals surface area contributed by atoms with Crippen molar-refractivity contribution in [1.29, 1.82) is 0 Å². The van der Waals surface area contributed by atoms with Crippen molar-refractivity contribution < 1.29 is 14.4 Å². The van der Waals surface area contributed by atoms with Gasteiger partial charge >= 0.3 is 0 Å². The number of nitrogens with zero attached hydrogens (tertiary/aromatic N) is 1. The van der Waals surface area contributed by atoms with E-state index < -0.39 is 10.7 Å². The van der Waals surface area contributed by atoms with Crippen molar-refractivity contribution in [2.75, 3.05) is 18.5 Å². The monoisotopic (exact) mass is 316 g/mol. The Morgan fingerprint density at radius 2 is 2.05 bits per heavy atom. The molecule has 1 fully saturated rings. The number of nitrogens with one attached hydrogen (secondary N) is 1. The van der Waals surface area contributed by atoms with E-state index in [1.807, 2.05) is 0 Å². The number of hydrogen-bond donors (Lipinski definition) is 2. The number of aliphatic hydroxyl groups is 1. The van der Waals surface area contributed by atoms with Gasteiger partial charge in [0, 0.05) is 25.3 Å². The molecule has 2 N–H and O–H groups in total. The van der Waals surface area contributed by atoms with Crippen LogP contribution in [0, 0.1) is 27.8 Å². The van der Waals surface area contributed by atoms with Gasteiger partial charge in [0.15, 0.2) is 0 Å². The molecule has 0 aliphatic heterocycles. The Labute approximate surface area is 127 Å². The lowest BCUT2D eigenvalue weighted by Gasteiger charge is -2.30. The van der Waals surface area contributed by atoms with E-state index >= 15 is 0 Å². The maximum Gasteiger partial charge on any atom is 0.294 e. The Kier molecular flexibility index (Phi) is 5.36. The third kappa shape index (κ3) is 3.83. The number of halogens is 2. The first-order valence-electron chi connectivity index (χ1n) is 7.01. The summed E-state index contributed by atoms with van der Waals surface area (Å²) in [6.07, 6.45) is 4.10. The van der Waals surface area contributed by atoms with E-state index in [-0.39, 0.29) is 34.8 Å². The molecule has 1 aliphatic rings. The van der Waals surface area contributed by atoms with Crippen molar-refractivity contribution in [3.63, 3.8) is 0 Å². The fourth-order valence-electron chi connectivity index (χ4n) is 2.86. The SMILES string of the molecule is O=[N+]([O-])c1cc(Cl)c(F)cc1NCC1CCCCC1CO. The first-order chi connectivity index (χ1) is 10.0. The van der Waals surface area contributed by atoms with Gasteiger partial charge in [0.05, 0.1) is 9.95 Å². The van der Waals surface area contributed by atoms with Crippen LogP contribution in [0.1, 0.15) is 25.7 Å². The minimum atomic E-state index is -0.688. The number of benzene rings is 1. The van der Waals surface area contributed by atoms with E-state index in [2.05, 4.69) is 5.32 Å². The molecule has 1 saturated carbocycles. The van der Waals surface area contributed by atoms with Crippen molar-refractivity contribution in [1.82, 2.24) is 0 Å². The van der Waals surface area contributed by atoms with Gasteiger partial charge in [-0.15, -0.1) is 0 Å². The molecule has 5 nitrogen and oxygen atoms in total. The van der Waals surface area contributed by atoms with Gasteiger partial charge in [-0.3, -0.25) is 10.1 Å². The summed E-state index contributed by atoms with van der Waals surface area (Å²) in [5, 5.41) is 23.0. The van der Waals surface area contributed by atoms with Crippen LogP contribution in [0.4, 0.5) is 15.8 Å². The van der Waals surface area contributed by atoms with Crippen LogP contribution in [0.15, 0.2) is 12.1 Å². The van der Waals surface area contributed by atoms with Crippen molar-refractivity contribution in [2.24, 2.45) is 11.8 Å². The standard InChI is InChI=1S/C14H18ClFN2O3/c15-11-5-14(18(20)21)13(6-12(11)16)17-7-9-3-1-2-4-10(9)8-19/h5-6,9-10,17,19H,1-4,7-8H2. The Balaban J connectivity index is 2.11. The number of nitro benzene ring substituents is 1. The summed E-state index contributed by atoms with van der Waals surface area (Å²) in [5.74, 6) is -0.253. The van der Waals surface area contributed by atoms with Gasteiger partial charge in [-0.1, -0.05) is 24.4 Å². The fraction of sp³-hybridized carbons (Fsp3) is 0.571. The largest absolute Gasteiger partial charge is 0.396 e. The predicted molar refractivity (Wildman–Crippen MR) is 79.1 cm³/mol. The molecule has 116 valence electrons.